The highest BCUT2D eigenvalue weighted by atomic mass is 16.6. The molecule has 112 valence electrons. The smallest absolute Gasteiger partial charge is 0.293 e. The van der Waals surface area contributed by atoms with Gasteiger partial charge in [0.25, 0.3) is 5.69 Å². The summed E-state index contributed by atoms with van der Waals surface area (Å²) in [4.78, 5) is 12.6. The minimum absolute atomic E-state index is 0.0151. The fourth-order valence-electron chi connectivity index (χ4n) is 2.08. The number of anilines is 1. The van der Waals surface area contributed by atoms with Gasteiger partial charge in [0.15, 0.2) is 0 Å². The Morgan fingerprint density at radius 1 is 1.40 bits per heavy atom. The number of para-hydroxylation sites is 1. The lowest BCUT2D eigenvalue weighted by Crippen LogP contribution is -2.21. The summed E-state index contributed by atoms with van der Waals surface area (Å²) in [5.74, 6) is 5.40. The lowest BCUT2D eigenvalue weighted by atomic mass is 10.1. The van der Waals surface area contributed by atoms with Crippen molar-refractivity contribution in [3.63, 3.8) is 0 Å². The lowest BCUT2D eigenvalue weighted by molar-refractivity contribution is -0.384. The Kier molecular flexibility index (Phi) is 6.92. The summed E-state index contributed by atoms with van der Waals surface area (Å²) >= 11 is 0. The number of rotatable bonds is 9. The zero-order chi connectivity index (χ0) is 15.0. The molecule has 0 atom stereocenters. The molecule has 0 aliphatic carbocycles. The van der Waals surface area contributed by atoms with Crippen LogP contribution < -0.4 is 11.3 Å². The van der Waals surface area contributed by atoms with Crippen LogP contribution in [0.25, 0.3) is 0 Å². The van der Waals surface area contributed by atoms with Crippen molar-refractivity contribution in [1.82, 2.24) is 4.90 Å². The first kappa shape index (κ1) is 16.4. The second-order valence-electron chi connectivity index (χ2n) is 4.73. The third kappa shape index (κ3) is 4.76. The number of hydrogen-bond donors (Lipinski definition) is 3. The van der Waals surface area contributed by atoms with Crippen LogP contribution in [-0.2, 0) is 6.54 Å². The summed E-state index contributed by atoms with van der Waals surface area (Å²) in [6.07, 6.45) is 2.76. The van der Waals surface area contributed by atoms with E-state index in [1.54, 1.807) is 6.07 Å². The molecular weight excluding hydrogens is 260 g/mol. The molecule has 7 nitrogen and oxygen atoms in total. The van der Waals surface area contributed by atoms with Crippen LogP contribution in [0.3, 0.4) is 0 Å². The van der Waals surface area contributed by atoms with E-state index in [0.29, 0.717) is 12.2 Å². The highest BCUT2D eigenvalue weighted by molar-refractivity contribution is 5.65. The topological polar surface area (TPSA) is 105 Å². The Morgan fingerprint density at radius 3 is 2.75 bits per heavy atom. The van der Waals surface area contributed by atoms with Gasteiger partial charge in [-0.1, -0.05) is 12.1 Å². The molecule has 7 heteroatoms. The van der Waals surface area contributed by atoms with E-state index in [4.69, 9.17) is 10.9 Å². The molecule has 4 N–H and O–H groups in total. The van der Waals surface area contributed by atoms with Crippen molar-refractivity contribution in [2.75, 3.05) is 25.6 Å². The number of nitro benzene ring substituents is 1. The SMILES string of the molecule is CN(CCCCCO)Cc1cccc([N+](=O)[O-])c1NN. The van der Waals surface area contributed by atoms with Crippen molar-refractivity contribution in [3.05, 3.63) is 33.9 Å². The van der Waals surface area contributed by atoms with Crippen molar-refractivity contribution in [2.24, 2.45) is 5.84 Å². The number of nitrogens with one attached hydrogen (secondary N) is 1. The van der Waals surface area contributed by atoms with Crippen LogP contribution in [0.4, 0.5) is 11.4 Å². The Morgan fingerprint density at radius 2 is 2.15 bits per heavy atom. The molecule has 0 amide bonds. The summed E-state index contributed by atoms with van der Waals surface area (Å²) in [6.45, 7) is 1.67. The minimum atomic E-state index is -0.445. The molecule has 0 aromatic heterocycles. The van der Waals surface area contributed by atoms with E-state index in [2.05, 4.69) is 10.3 Å². The van der Waals surface area contributed by atoms with Crippen molar-refractivity contribution in [2.45, 2.75) is 25.8 Å². The number of nitrogens with two attached hydrogens (primary N) is 1. The van der Waals surface area contributed by atoms with Crippen molar-refractivity contribution >= 4 is 11.4 Å². The normalized spacial score (nSPS) is 10.8. The zero-order valence-corrected chi connectivity index (χ0v) is 11.7. The second-order valence-corrected chi connectivity index (χ2v) is 4.73. The number of benzene rings is 1. The number of nitro groups is 1. The van der Waals surface area contributed by atoms with Gasteiger partial charge in [0.1, 0.15) is 5.69 Å². The van der Waals surface area contributed by atoms with Gasteiger partial charge >= 0.3 is 0 Å². The first-order valence-corrected chi connectivity index (χ1v) is 6.62. The van der Waals surface area contributed by atoms with Crippen LogP contribution in [-0.4, -0.2) is 35.1 Å². The van der Waals surface area contributed by atoms with Crippen LogP contribution in [0.15, 0.2) is 18.2 Å². The summed E-state index contributed by atoms with van der Waals surface area (Å²) in [6, 6.07) is 4.92. The van der Waals surface area contributed by atoms with Gasteiger partial charge < -0.3 is 15.4 Å². The molecule has 1 aromatic rings. The molecule has 0 saturated carbocycles. The molecule has 1 rings (SSSR count). The van der Waals surface area contributed by atoms with Crippen LogP contribution in [0.5, 0.6) is 0 Å². The van der Waals surface area contributed by atoms with Gasteiger partial charge in [-0.2, -0.15) is 0 Å². The third-order valence-electron chi connectivity index (χ3n) is 3.11. The average Bonchev–Trinajstić information content (AvgIpc) is 2.43. The molecule has 20 heavy (non-hydrogen) atoms. The molecule has 0 bridgehead atoms. The van der Waals surface area contributed by atoms with Gasteiger partial charge in [0.2, 0.25) is 0 Å². The van der Waals surface area contributed by atoms with Gasteiger partial charge in [-0.25, -0.2) is 0 Å². The standard InChI is InChI=1S/C13H22N4O3/c1-16(8-3-2-4-9-18)10-11-6-5-7-12(17(19)20)13(11)15-14/h5-7,15,18H,2-4,8-10,14H2,1H3. The molecule has 0 unspecified atom stereocenters. The van der Waals surface area contributed by atoms with E-state index in [1.807, 2.05) is 13.1 Å². The summed E-state index contributed by atoms with van der Waals surface area (Å²) < 4.78 is 0. The van der Waals surface area contributed by atoms with Gasteiger partial charge in [-0.15, -0.1) is 0 Å². The maximum atomic E-state index is 10.9. The maximum Gasteiger partial charge on any atom is 0.293 e. The Hall–Kier alpha value is -1.70. The van der Waals surface area contributed by atoms with Gasteiger partial charge in [0.05, 0.1) is 4.92 Å². The van der Waals surface area contributed by atoms with E-state index in [1.165, 1.54) is 6.07 Å². The molecule has 0 heterocycles. The highest BCUT2D eigenvalue weighted by Gasteiger charge is 2.17. The monoisotopic (exact) mass is 282 g/mol. The van der Waals surface area contributed by atoms with Crippen LogP contribution >= 0.6 is 0 Å². The van der Waals surface area contributed by atoms with Crippen molar-refractivity contribution in [3.8, 4) is 0 Å². The second kappa shape index (κ2) is 8.47. The van der Waals surface area contributed by atoms with Crippen molar-refractivity contribution < 1.29 is 10.0 Å². The highest BCUT2D eigenvalue weighted by Crippen LogP contribution is 2.28. The number of nitrogens with zero attached hydrogens (tertiary/aromatic N) is 2. The van der Waals surface area contributed by atoms with Gasteiger partial charge in [-0.05, 0) is 38.4 Å². The molecule has 0 aliphatic heterocycles. The van der Waals surface area contributed by atoms with Gasteiger partial charge in [-0.3, -0.25) is 16.0 Å². The molecule has 0 fully saturated rings. The van der Waals surface area contributed by atoms with Crippen LogP contribution in [0, 0.1) is 10.1 Å². The molecule has 0 spiro atoms. The number of aliphatic hydroxyl groups is 1. The first-order valence-electron chi connectivity index (χ1n) is 6.62. The quantitative estimate of drug-likeness (QED) is 0.274. The van der Waals surface area contributed by atoms with E-state index < -0.39 is 4.92 Å². The summed E-state index contributed by atoms with van der Waals surface area (Å²) in [5.41, 5.74) is 3.57. The number of aliphatic hydroxyl groups excluding tert-OH is 1. The summed E-state index contributed by atoms with van der Waals surface area (Å²) in [7, 11) is 1.96. The molecule has 0 radical (unpaired) electrons. The number of nitrogen functional groups attached to an aromatic ring is 1. The first-order chi connectivity index (χ1) is 9.60. The fourth-order valence-corrected chi connectivity index (χ4v) is 2.08. The molecule has 0 saturated heterocycles. The van der Waals surface area contributed by atoms with E-state index >= 15 is 0 Å². The Balaban J connectivity index is 2.67. The minimum Gasteiger partial charge on any atom is -0.396 e. The predicted octanol–water partition coefficient (Wildman–Crippen LogP) is 1.47. The third-order valence-corrected chi connectivity index (χ3v) is 3.11. The Bertz CT molecular complexity index is 440. The van der Waals surface area contributed by atoms with Crippen LogP contribution in [0.2, 0.25) is 0 Å². The fraction of sp³-hybridized carbons (Fsp3) is 0.538. The lowest BCUT2D eigenvalue weighted by Gasteiger charge is -2.18. The number of hydrazine groups is 1. The van der Waals surface area contributed by atoms with E-state index in [0.717, 1.165) is 31.4 Å². The van der Waals surface area contributed by atoms with Crippen LogP contribution in [0.1, 0.15) is 24.8 Å². The van der Waals surface area contributed by atoms with Gasteiger partial charge in [0, 0.05) is 19.2 Å². The molecular formula is C13H22N4O3. The summed E-state index contributed by atoms with van der Waals surface area (Å²) in [5, 5.41) is 19.7. The zero-order valence-electron chi connectivity index (χ0n) is 11.7. The average molecular weight is 282 g/mol. The molecule has 1 aromatic carbocycles. The largest absolute Gasteiger partial charge is 0.396 e. The Labute approximate surface area is 118 Å². The number of hydrogen-bond acceptors (Lipinski definition) is 6. The van der Waals surface area contributed by atoms with E-state index in [-0.39, 0.29) is 12.3 Å². The number of unbranched alkanes of at least 4 members (excludes halogenated alkanes) is 2. The van der Waals surface area contributed by atoms with E-state index in [9.17, 15) is 10.1 Å². The predicted molar refractivity (Wildman–Crippen MR) is 78.2 cm³/mol. The van der Waals surface area contributed by atoms with Crippen molar-refractivity contribution in [1.29, 1.82) is 0 Å². The molecule has 0 aliphatic rings. The maximum absolute atomic E-state index is 10.9.